The van der Waals surface area contributed by atoms with Gasteiger partial charge in [-0.3, -0.25) is 9.59 Å². The van der Waals surface area contributed by atoms with Gasteiger partial charge in [-0.2, -0.15) is 0 Å². The molecule has 1 heterocycles. The van der Waals surface area contributed by atoms with Crippen LogP contribution in [-0.4, -0.2) is 23.0 Å². The lowest BCUT2D eigenvalue weighted by Crippen LogP contribution is -2.33. The van der Waals surface area contributed by atoms with Gasteiger partial charge in [0.05, 0.1) is 5.69 Å². The van der Waals surface area contributed by atoms with E-state index < -0.39 is 6.10 Å². The van der Waals surface area contributed by atoms with Crippen molar-refractivity contribution in [3.8, 4) is 11.5 Å². The SMILES string of the molecule is CCC(Oc1ccc(C(C)(C)CC)cc1C(C)(C)CC)C(=O)Nc1ccc2c(c1O)CCC(=O)N2. The van der Waals surface area contributed by atoms with Crippen LogP contribution in [0.1, 0.15) is 90.8 Å². The van der Waals surface area contributed by atoms with Gasteiger partial charge in [-0.25, -0.2) is 0 Å². The summed E-state index contributed by atoms with van der Waals surface area (Å²) in [5.41, 5.74) is 3.82. The molecule has 0 aromatic heterocycles. The van der Waals surface area contributed by atoms with Crippen molar-refractivity contribution in [1.29, 1.82) is 0 Å². The zero-order valence-corrected chi connectivity index (χ0v) is 22.2. The van der Waals surface area contributed by atoms with Crippen LogP contribution in [0.25, 0.3) is 0 Å². The van der Waals surface area contributed by atoms with Crippen LogP contribution in [0.2, 0.25) is 0 Å². The number of nitrogens with one attached hydrogen (secondary N) is 2. The van der Waals surface area contributed by atoms with Crippen LogP contribution in [0.3, 0.4) is 0 Å². The molecule has 2 amide bonds. The Kier molecular flexibility index (Phi) is 7.83. The maximum Gasteiger partial charge on any atom is 0.265 e. The van der Waals surface area contributed by atoms with Crippen LogP contribution in [-0.2, 0) is 26.8 Å². The molecule has 6 heteroatoms. The van der Waals surface area contributed by atoms with Crippen LogP contribution in [0.5, 0.6) is 11.5 Å². The van der Waals surface area contributed by atoms with Crippen molar-refractivity contribution in [2.75, 3.05) is 10.6 Å². The molecule has 1 atom stereocenters. The Bertz CT molecular complexity index is 1100. The number of aromatic hydroxyl groups is 1. The minimum Gasteiger partial charge on any atom is -0.505 e. The third kappa shape index (κ3) is 5.63. The van der Waals surface area contributed by atoms with Crippen molar-refractivity contribution >= 4 is 23.2 Å². The van der Waals surface area contributed by atoms with Gasteiger partial charge in [-0.05, 0) is 60.3 Å². The standard InChI is InChI=1S/C29H40N2O4/c1-8-23(27(34)31-22-14-13-21-19(26(22)33)12-16-25(32)30-21)35-24-15-11-18(28(4,5)9-2)17-20(24)29(6,7)10-3/h11,13-15,17,23,33H,8-10,12,16H2,1-7H3,(H,30,32)(H,31,34). The molecule has 2 aromatic rings. The van der Waals surface area contributed by atoms with E-state index in [0.29, 0.717) is 42.0 Å². The van der Waals surface area contributed by atoms with Gasteiger partial charge in [0.15, 0.2) is 6.10 Å². The quantitative estimate of drug-likeness (QED) is 0.360. The summed E-state index contributed by atoms with van der Waals surface area (Å²) in [7, 11) is 0. The van der Waals surface area contributed by atoms with Gasteiger partial charge in [0.25, 0.3) is 5.91 Å². The highest BCUT2D eigenvalue weighted by molar-refractivity contribution is 5.99. The fourth-order valence-electron chi connectivity index (χ4n) is 4.22. The van der Waals surface area contributed by atoms with E-state index in [1.165, 1.54) is 5.56 Å². The van der Waals surface area contributed by atoms with Crippen LogP contribution >= 0.6 is 0 Å². The lowest BCUT2D eigenvalue weighted by atomic mass is 9.76. The molecule has 1 unspecified atom stereocenters. The Morgan fingerprint density at radius 2 is 1.74 bits per heavy atom. The number of rotatable bonds is 9. The number of ether oxygens (including phenoxy) is 1. The molecule has 0 saturated heterocycles. The topological polar surface area (TPSA) is 87.7 Å². The summed E-state index contributed by atoms with van der Waals surface area (Å²) in [6.07, 6.45) is 2.44. The maximum absolute atomic E-state index is 13.2. The predicted molar refractivity (Wildman–Crippen MR) is 141 cm³/mol. The van der Waals surface area contributed by atoms with Gasteiger partial charge in [0.1, 0.15) is 11.5 Å². The number of phenolic OH excluding ortho intramolecular Hbond substituents is 1. The first kappa shape index (κ1) is 26.6. The van der Waals surface area contributed by atoms with E-state index in [2.05, 4.69) is 64.3 Å². The third-order valence-electron chi connectivity index (χ3n) is 7.61. The normalized spacial score (nSPS) is 14.7. The van der Waals surface area contributed by atoms with Crippen molar-refractivity contribution < 1.29 is 19.4 Å². The molecule has 3 rings (SSSR count). The maximum atomic E-state index is 13.2. The first-order valence-electron chi connectivity index (χ1n) is 12.7. The average Bonchev–Trinajstić information content (AvgIpc) is 2.83. The number of carbonyl (C=O) groups excluding carboxylic acids is 2. The summed E-state index contributed by atoms with van der Waals surface area (Å²) in [5, 5.41) is 16.3. The van der Waals surface area contributed by atoms with E-state index in [1.54, 1.807) is 12.1 Å². The van der Waals surface area contributed by atoms with Crippen LogP contribution in [0, 0.1) is 0 Å². The minimum absolute atomic E-state index is 0.00958. The molecule has 2 aromatic carbocycles. The highest BCUT2D eigenvalue weighted by Gasteiger charge is 2.29. The lowest BCUT2D eigenvalue weighted by Gasteiger charge is -2.31. The second-order valence-corrected chi connectivity index (χ2v) is 10.7. The molecule has 35 heavy (non-hydrogen) atoms. The van der Waals surface area contributed by atoms with Gasteiger partial charge in [-0.15, -0.1) is 0 Å². The number of hydrogen-bond donors (Lipinski definition) is 3. The Morgan fingerprint density at radius 1 is 1.06 bits per heavy atom. The molecule has 3 N–H and O–H groups in total. The van der Waals surface area contributed by atoms with Gasteiger partial charge in [-0.1, -0.05) is 60.6 Å². The molecule has 190 valence electrons. The number of carbonyl (C=O) groups is 2. The van der Waals surface area contributed by atoms with E-state index in [-0.39, 0.29) is 28.4 Å². The molecule has 6 nitrogen and oxygen atoms in total. The highest BCUT2D eigenvalue weighted by atomic mass is 16.5. The summed E-state index contributed by atoms with van der Waals surface area (Å²) in [6, 6.07) is 9.64. The van der Waals surface area contributed by atoms with Crippen LogP contribution < -0.4 is 15.4 Å². The molecule has 1 aliphatic rings. The molecule has 0 saturated carbocycles. The molecule has 1 aliphatic heterocycles. The molecule has 0 aliphatic carbocycles. The first-order chi connectivity index (χ1) is 16.4. The summed E-state index contributed by atoms with van der Waals surface area (Å²) in [4.78, 5) is 24.8. The second kappa shape index (κ2) is 10.3. The van der Waals surface area contributed by atoms with Crippen molar-refractivity contribution in [1.82, 2.24) is 0 Å². The summed E-state index contributed by atoms with van der Waals surface area (Å²) >= 11 is 0. The largest absolute Gasteiger partial charge is 0.505 e. The van der Waals surface area contributed by atoms with Crippen molar-refractivity contribution in [2.45, 2.75) is 97.5 Å². The summed E-state index contributed by atoms with van der Waals surface area (Å²) in [5.74, 6) is 0.310. The summed E-state index contributed by atoms with van der Waals surface area (Å²) < 4.78 is 6.33. The van der Waals surface area contributed by atoms with Gasteiger partial charge in [0.2, 0.25) is 5.91 Å². The highest BCUT2D eigenvalue weighted by Crippen LogP contribution is 2.40. The van der Waals surface area contributed by atoms with Crippen molar-refractivity contribution in [3.05, 3.63) is 47.0 Å². The Hall–Kier alpha value is -3.02. The Balaban J connectivity index is 1.87. The monoisotopic (exact) mass is 480 g/mol. The zero-order chi connectivity index (χ0) is 26.0. The number of fused-ring (bicyclic) bond motifs is 1. The van der Waals surface area contributed by atoms with E-state index >= 15 is 0 Å². The van der Waals surface area contributed by atoms with Gasteiger partial charge >= 0.3 is 0 Å². The van der Waals surface area contributed by atoms with Crippen molar-refractivity contribution in [3.63, 3.8) is 0 Å². The van der Waals surface area contributed by atoms with Crippen LogP contribution in [0.4, 0.5) is 11.4 Å². The fourth-order valence-corrected chi connectivity index (χ4v) is 4.22. The molecular formula is C29H40N2O4. The van der Waals surface area contributed by atoms with Crippen molar-refractivity contribution in [2.24, 2.45) is 0 Å². The van der Waals surface area contributed by atoms with E-state index in [9.17, 15) is 14.7 Å². The Morgan fingerprint density at radius 3 is 2.37 bits per heavy atom. The number of hydrogen-bond acceptors (Lipinski definition) is 4. The lowest BCUT2D eigenvalue weighted by molar-refractivity contribution is -0.123. The predicted octanol–water partition coefficient (Wildman–Crippen LogP) is 6.45. The molecular weight excluding hydrogens is 440 g/mol. The smallest absolute Gasteiger partial charge is 0.265 e. The first-order valence-corrected chi connectivity index (χ1v) is 12.7. The van der Waals surface area contributed by atoms with Gasteiger partial charge < -0.3 is 20.5 Å². The number of amides is 2. The van der Waals surface area contributed by atoms with Gasteiger partial charge in [0, 0.05) is 23.2 Å². The average molecular weight is 481 g/mol. The number of phenols is 1. The fraction of sp³-hybridized carbons (Fsp3) is 0.517. The minimum atomic E-state index is -0.721. The molecule has 0 fully saturated rings. The third-order valence-corrected chi connectivity index (χ3v) is 7.61. The number of anilines is 2. The molecule has 0 radical (unpaired) electrons. The number of benzene rings is 2. The van der Waals surface area contributed by atoms with Crippen LogP contribution in [0.15, 0.2) is 30.3 Å². The molecule has 0 spiro atoms. The van der Waals surface area contributed by atoms with E-state index in [4.69, 9.17) is 4.74 Å². The summed E-state index contributed by atoms with van der Waals surface area (Å²) in [6.45, 7) is 15.1. The zero-order valence-electron chi connectivity index (χ0n) is 22.2. The molecule has 0 bridgehead atoms. The van der Waals surface area contributed by atoms with E-state index in [0.717, 1.165) is 18.4 Å². The van der Waals surface area contributed by atoms with E-state index in [1.807, 2.05) is 13.0 Å². The Labute approximate surface area is 209 Å². The second-order valence-electron chi connectivity index (χ2n) is 10.7.